The molecule has 2 heterocycles. The molecule has 27 heavy (non-hydrogen) atoms. The smallest absolute Gasteiger partial charge is 0.233 e. The second-order valence-corrected chi connectivity index (χ2v) is 8.01. The monoisotopic (exact) mass is 507 g/mol. The van der Waals surface area contributed by atoms with Crippen molar-refractivity contribution in [2.45, 2.75) is 39.2 Å². The minimum atomic E-state index is 0. The molecule has 1 aliphatic rings. The molecule has 1 amide bonds. The van der Waals surface area contributed by atoms with Crippen LogP contribution < -0.4 is 16.0 Å². The van der Waals surface area contributed by atoms with Crippen LogP contribution in [-0.4, -0.2) is 62.6 Å². The largest absolute Gasteiger partial charge is 0.358 e. The van der Waals surface area contributed by atoms with Gasteiger partial charge in [-0.1, -0.05) is 13.0 Å². The molecule has 1 saturated heterocycles. The molecule has 0 aliphatic carbocycles. The number of piperidine rings is 1. The number of likely N-dealkylation sites (N-methyl/N-ethyl adjacent to an activating group) is 1. The van der Waals surface area contributed by atoms with E-state index in [0.29, 0.717) is 18.5 Å². The predicted molar refractivity (Wildman–Crippen MR) is 125 cm³/mol. The number of rotatable bonds is 8. The van der Waals surface area contributed by atoms with E-state index >= 15 is 0 Å². The summed E-state index contributed by atoms with van der Waals surface area (Å²) in [7, 11) is 1.69. The minimum absolute atomic E-state index is 0. The zero-order valence-corrected chi connectivity index (χ0v) is 19.8. The van der Waals surface area contributed by atoms with Crippen LogP contribution in [0.3, 0.4) is 0 Å². The van der Waals surface area contributed by atoms with Gasteiger partial charge in [0.2, 0.25) is 5.91 Å². The van der Waals surface area contributed by atoms with E-state index in [2.05, 4.69) is 52.2 Å². The summed E-state index contributed by atoms with van der Waals surface area (Å²) < 4.78 is 0. The molecule has 0 bridgehead atoms. The van der Waals surface area contributed by atoms with Crippen LogP contribution in [0.25, 0.3) is 0 Å². The first-order valence-corrected chi connectivity index (χ1v) is 10.5. The van der Waals surface area contributed by atoms with E-state index in [4.69, 9.17) is 4.99 Å². The summed E-state index contributed by atoms with van der Waals surface area (Å²) in [5, 5.41) is 11.8. The highest BCUT2D eigenvalue weighted by Crippen LogP contribution is 2.14. The lowest BCUT2D eigenvalue weighted by molar-refractivity contribution is -0.122. The highest BCUT2D eigenvalue weighted by molar-refractivity contribution is 14.0. The summed E-state index contributed by atoms with van der Waals surface area (Å²) in [6.45, 7) is 8.42. The van der Waals surface area contributed by atoms with E-state index < -0.39 is 0 Å². The topological polar surface area (TPSA) is 68.8 Å². The lowest BCUT2D eigenvalue weighted by Gasteiger charge is -2.32. The summed E-state index contributed by atoms with van der Waals surface area (Å²) >= 11 is 1.82. The van der Waals surface area contributed by atoms with Crippen molar-refractivity contribution >= 4 is 47.2 Å². The first kappa shape index (κ1) is 24.2. The Labute approximate surface area is 184 Å². The van der Waals surface area contributed by atoms with Crippen molar-refractivity contribution in [2.75, 3.05) is 39.8 Å². The van der Waals surface area contributed by atoms with Crippen LogP contribution in [0.2, 0.25) is 0 Å². The SMILES string of the molecule is CCNC(=NCC(C)Cc1cccs1)NC1CCN(CC(=O)NC)CC1.I. The molecule has 1 unspecified atom stereocenters. The Hall–Kier alpha value is -0.870. The van der Waals surface area contributed by atoms with Gasteiger partial charge in [-0.05, 0) is 43.6 Å². The van der Waals surface area contributed by atoms with Crippen LogP contribution in [0.1, 0.15) is 31.6 Å². The maximum atomic E-state index is 11.5. The number of aliphatic imine (C=N–C) groups is 1. The second-order valence-electron chi connectivity index (χ2n) is 6.98. The van der Waals surface area contributed by atoms with Crippen LogP contribution in [0, 0.1) is 5.92 Å². The summed E-state index contributed by atoms with van der Waals surface area (Å²) in [5.41, 5.74) is 0. The quantitative estimate of drug-likeness (QED) is 0.287. The number of nitrogens with one attached hydrogen (secondary N) is 3. The van der Waals surface area contributed by atoms with Gasteiger partial charge in [-0.25, -0.2) is 0 Å². The van der Waals surface area contributed by atoms with Gasteiger partial charge in [0.15, 0.2) is 5.96 Å². The van der Waals surface area contributed by atoms with Crippen LogP contribution in [-0.2, 0) is 11.2 Å². The molecule has 6 nitrogen and oxygen atoms in total. The number of carbonyl (C=O) groups is 1. The van der Waals surface area contributed by atoms with Crippen LogP contribution in [0.5, 0.6) is 0 Å². The first-order valence-electron chi connectivity index (χ1n) is 9.60. The van der Waals surface area contributed by atoms with E-state index in [1.54, 1.807) is 7.05 Å². The summed E-state index contributed by atoms with van der Waals surface area (Å²) in [4.78, 5) is 19.9. The number of likely N-dealkylation sites (tertiary alicyclic amines) is 1. The van der Waals surface area contributed by atoms with E-state index in [1.165, 1.54) is 4.88 Å². The molecule has 0 aromatic carbocycles. The van der Waals surface area contributed by atoms with Crippen LogP contribution in [0.15, 0.2) is 22.5 Å². The van der Waals surface area contributed by atoms with Gasteiger partial charge in [0.05, 0.1) is 6.54 Å². The second kappa shape index (κ2) is 13.3. The van der Waals surface area contributed by atoms with E-state index in [0.717, 1.165) is 51.4 Å². The van der Waals surface area contributed by atoms with Crippen molar-refractivity contribution in [2.24, 2.45) is 10.9 Å². The Kier molecular flexibility index (Phi) is 11.9. The standard InChI is InChI=1S/C19H33N5OS.HI/c1-4-21-19(22-13-15(2)12-17-6-5-11-26-17)23-16-7-9-24(10-8-16)14-18(25)20-3;/h5-6,11,15-16H,4,7-10,12-14H2,1-3H3,(H,20,25)(H2,21,22,23);1H. The fourth-order valence-electron chi connectivity index (χ4n) is 3.11. The Morgan fingerprint density at radius 3 is 2.74 bits per heavy atom. The number of halogens is 1. The summed E-state index contributed by atoms with van der Waals surface area (Å²) in [6.07, 6.45) is 3.15. The van der Waals surface area contributed by atoms with Gasteiger partial charge in [-0.3, -0.25) is 14.7 Å². The normalized spacial score (nSPS) is 17.1. The molecule has 8 heteroatoms. The Morgan fingerprint density at radius 1 is 1.41 bits per heavy atom. The zero-order chi connectivity index (χ0) is 18.8. The number of guanidine groups is 1. The molecule has 1 aromatic rings. The Morgan fingerprint density at radius 2 is 2.15 bits per heavy atom. The van der Waals surface area contributed by atoms with E-state index in [9.17, 15) is 4.79 Å². The van der Waals surface area contributed by atoms with Gasteiger partial charge in [0, 0.05) is 44.1 Å². The fourth-order valence-corrected chi connectivity index (χ4v) is 3.98. The van der Waals surface area contributed by atoms with Gasteiger partial charge in [0.1, 0.15) is 0 Å². The molecule has 1 atom stereocenters. The molecule has 0 radical (unpaired) electrons. The zero-order valence-electron chi connectivity index (χ0n) is 16.7. The third kappa shape index (κ3) is 9.25. The highest BCUT2D eigenvalue weighted by atomic mass is 127. The van der Waals surface area contributed by atoms with Crippen molar-refractivity contribution in [1.82, 2.24) is 20.9 Å². The molecular formula is C19H34IN5OS. The Balaban J connectivity index is 0.00000364. The van der Waals surface area contributed by atoms with Crippen molar-refractivity contribution in [3.05, 3.63) is 22.4 Å². The summed E-state index contributed by atoms with van der Waals surface area (Å²) in [5.74, 6) is 1.53. The van der Waals surface area contributed by atoms with Crippen LogP contribution >= 0.6 is 35.3 Å². The van der Waals surface area contributed by atoms with Crippen molar-refractivity contribution in [1.29, 1.82) is 0 Å². The summed E-state index contributed by atoms with van der Waals surface area (Å²) in [6, 6.07) is 4.72. The van der Waals surface area contributed by atoms with Gasteiger partial charge >= 0.3 is 0 Å². The minimum Gasteiger partial charge on any atom is -0.358 e. The molecular weight excluding hydrogens is 473 g/mol. The van der Waals surface area contributed by atoms with Gasteiger partial charge in [0.25, 0.3) is 0 Å². The molecule has 1 aromatic heterocycles. The van der Waals surface area contributed by atoms with Gasteiger partial charge in [-0.15, -0.1) is 35.3 Å². The maximum Gasteiger partial charge on any atom is 0.233 e. The molecule has 0 saturated carbocycles. The number of carbonyl (C=O) groups excluding carboxylic acids is 1. The van der Waals surface area contributed by atoms with Gasteiger partial charge < -0.3 is 16.0 Å². The predicted octanol–water partition coefficient (Wildman–Crippen LogP) is 2.31. The maximum absolute atomic E-state index is 11.5. The average Bonchev–Trinajstić information content (AvgIpc) is 3.14. The third-order valence-electron chi connectivity index (χ3n) is 4.61. The number of amides is 1. The number of hydrogen-bond donors (Lipinski definition) is 3. The number of hydrogen-bond acceptors (Lipinski definition) is 4. The highest BCUT2D eigenvalue weighted by Gasteiger charge is 2.21. The average molecular weight is 507 g/mol. The fraction of sp³-hybridized carbons (Fsp3) is 0.684. The van der Waals surface area contributed by atoms with E-state index in [-0.39, 0.29) is 29.9 Å². The third-order valence-corrected chi connectivity index (χ3v) is 5.51. The van der Waals surface area contributed by atoms with Crippen molar-refractivity contribution in [3.63, 3.8) is 0 Å². The van der Waals surface area contributed by atoms with E-state index in [1.807, 2.05) is 11.3 Å². The Bertz CT molecular complexity index is 558. The lowest BCUT2D eigenvalue weighted by atomic mass is 10.1. The molecule has 1 fully saturated rings. The number of thiophene rings is 1. The molecule has 1 aliphatic heterocycles. The molecule has 2 rings (SSSR count). The molecule has 0 spiro atoms. The van der Waals surface area contributed by atoms with Crippen molar-refractivity contribution in [3.8, 4) is 0 Å². The number of nitrogens with zero attached hydrogens (tertiary/aromatic N) is 2. The van der Waals surface area contributed by atoms with Crippen molar-refractivity contribution < 1.29 is 4.79 Å². The molecule has 3 N–H and O–H groups in total. The van der Waals surface area contributed by atoms with Crippen LogP contribution in [0.4, 0.5) is 0 Å². The first-order chi connectivity index (χ1) is 12.6. The lowest BCUT2D eigenvalue weighted by Crippen LogP contribution is -2.50. The molecule has 154 valence electrons. The van der Waals surface area contributed by atoms with Gasteiger partial charge in [-0.2, -0.15) is 0 Å².